The number of aromatic nitrogens is 2. The number of anilines is 4. The summed E-state index contributed by atoms with van der Waals surface area (Å²) in [5.74, 6) is 1.46. The van der Waals surface area contributed by atoms with Gasteiger partial charge in [0, 0.05) is 31.1 Å². The SMILES string of the molecule is CN1C(=O)Cc2c1nc(N)c1c(N)nc(N3CCCCC3)c(C#N)c21. The molecule has 128 valence electrons. The van der Waals surface area contributed by atoms with Crippen molar-refractivity contribution >= 4 is 40.0 Å². The molecule has 8 heteroatoms. The minimum Gasteiger partial charge on any atom is -0.383 e. The average molecular weight is 337 g/mol. The van der Waals surface area contributed by atoms with E-state index < -0.39 is 0 Å². The second kappa shape index (κ2) is 5.48. The van der Waals surface area contributed by atoms with Crippen LogP contribution >= 0.6 is 0 Å². The fourth-order valence-corrected chi connectivity index (χ4v) is 3.77. The third-order valence-corrected chi connectivity index (χ3v) is 5.05. The highest BCUT2D eigenvalue weighted by atomic mass is 16.2. The number of nitrogens with two attached hydrogens (primary N) is 2. The van der Waals surface area contributed by atoms with Crippen molar-refractivity contribution in [1.82, 2.24) is 9.97 Å². The third kappa shape index (κ3) is 2.16. The van der Waals surface area contributed by atoms with Gasteiger partial charge in [0.2, 0.25) is 5.91 Å². The summed E-state index contributed by atoms with van der Waals surface area (Å²) in [5.41, 5.74) is 13.4. The van der Waals surface area contributed by atoms with Crippen LogP contribution in [0.2, 0.25) is 0 Å². The van der Waals surface area contributed by atoms with Gasteiger partial charge in [0.1, 0.15) is 34.9 Å². The van der Waals surface area contributed by atoms with Gasteiger partial charge in [-0.25, -0.2) is 9.97 Å². The van der Waals surface area contributed by atoms with E-state index in [1.54, 1.807) is 7.05 Å². The van der Waals surface area contributed by atoms with Crippen molar-refractivity contribution in [2.45, 2.75) is 25.7 Å². The fraction of sp³-hybridized carbons (Fsp3) is 0.412. The van der Waals surface area contributed by atoms with E-state index in [4.69, 9.17) is 11.5 Å². The largest absolute Gasteiger partial charge is 0.383 e. The quantitative estimate of drug-likeness (QED) is 0.800. The van der Waals surface area contributed by atoms with E-state index in [9.17, 15) is 10.1 Å². The number of nitrogen functional groups attached to an aromatic ring is 2. The molecule has 2 aromatic rings. The molecule has 0 aliphatic carbocycles. The topological polar surface area (TPSA) is 125 Å². The van der Waals surface area contributed by atoms with Crippen LogP contribution in [-0.2, 0) is 11.2 Å². The number of nitriles is 1. The summed E-state index contributed by atoms with van der Waals surface area (Å²) in [7, 11) is 1.66. The highest BCUT2D eigenvalue weighted by molar-refractivity contribution is 6.13. The monoisotopic (exact) mass is 337 g/mol. The van der Waals surface area contributed by atoms with E-state index in [-0.39, 0.29) is 24.0 Å². The molecule has 1 saturated heterocycles. The van der Waals surface area contributed by atoms with Crippen LogP contribution in [-0.4, -0.2) is 36.0 Å². The molecule has 0 atom stereocenters. The van der Waals surface area contributed by atoms with Gasteiger partial charge >= 0.3 is 0 Å². The molecule has 0 saturated carbocycles. The summed E-state index contributed by atoms with van der Waals surface area (Å²) in [6.45, 7) is 1.68. The van der Waals surface area contributed by atoms with Crippen molar-refractivity contribution < 1.29 is 4.79 Å². The van der Waals surface area contributed by atoms with E-state index in [1.807, 2.05) is 0 Å². The van der Waals surface area contributed by atoms with Crippen molar-refractivity contribution in [2.75, 3.05) is 41.4 Å². The number of fused-ring (bicyclic) bond motifs is 3. The number of pyridine rings is 2. The molecule has 4 N–H and O–H groups in total. The van der Waals surface area contributed by atoms with Crippen LogP contribution in [0.1, 0.15) is 30.4 Å². The summed E-state index contributed by atoms with van der Waals surface area (Å²) < 4.78 is 0. The van der Waals surface area contributed by atoms with Gasteiger partial charge in [-0.2, -0.15) is 5.26 Å². The van der Waals surface area contributed by atoms with Gasteiger partial charge in [-0.15, -0.1) is 0 Å². The van der Waals surface area contributed by atoms with Gasteiger partial charge < -0.3 is 16.4 Å². The number of hydrogen-bond acceptors (Lipinski definition) is 7. The summed E-state index contributed by atoms with van der Waals surface area (Å²) in [6.07, 6.45) is 3.48. The molecule has 4 heterocycles. The molecule has 25 heavy (non-hydrogen) atoms. The number of hydrogen-bond donors (Lipinski definition) is 2. The first kappa shape index (κ1) is 15.4. The van der Waals surface area contributed by atoms with Gasteiger partial charge in [0.15, 0.2) is 0 Å². The van der Waals surface area contributed by atoms with Crippen molar-refractivity contribution in [3.63, 3.8) is 0 Å². The number of rotatable bonds is 1. The summed E-state index contributed by atoms with van der Waals surface area (Å²) in [5, 5.41) is 11.0. The van der Waals surface area contributed by atoms with Crippen molar-refractivity contribution in [2.24, 2.45) is 0 Å². The van der Waals surface area contributed by atoms with E-state index in [2.05, 4.69) is 20.9 Å². The molecule has 2 aliphatic heterocycles. The number of carbonyl (C=O) groups excluding carboxylic acids is 1. The standard InChI is InChI=1S/C17H19N7O/c1-23-11(25)7-9-12-10(8-18)17(24-5-3-2-4-6-24)22-15(20)13(12)14(19)21-16(9)23/h2-7H2,1H3,(H2,19,21)(H2,20,22). The van der Waals surface area contributed by atoms with Gasteiger partial charge in [-0.3, -0.25) is 9.69 Å². The van der Waals surface area contributed by atoms with Crippen LogP contribution in [0.3, 0.4) is 0 Å². The molecule has 0 unspecified atom stereocenters. The number of nitrogens with zero attached hydrogens (tertiary/aromatic N) is 5. The van der Waals surface area contributed by atoms with Gasteiger partial charge in [-0.05, 0) is 19.3 Å². The number of piperidine rings is 1. The third-order valence-electron chi connectivity index (χ3n) is 5.05. The smallest absolute Gasteiger partial charge is 0.232 e. The van der Waals surface area contributed by atoms with Crippen LogP contribution in [0.4, 0.5) is 23.3 Å². The lowest BCUT2D eigenvalue weighted by molar-refractivity contribution is -0.117. The van der Waals surface area contributed by atoms with Crippen LogP contribution in [0.5, 0.6) is 0 Å². The zero-order valence-corrected chi connectivity index (χ0v) is 14.0. The van der Waals surface area contributed by atoms with Crippen molar-refractivity contribution in [1.29, 1.82) is 5.26 Å². The Morgan fingerprint density at radius 1 is 1.04 bits per heavy atom. The van der Waals surface area contributed by atoms with Gasteiger partial charge in [0.05, 0.1) is 11.8 Å². The highest BCUT2D eigenvalue weighted by Crippen LogP contribution is 2.41. The fourth-order valence-electron chi connectivity index (χ4n) is 3.77. The zero-order chi connectivity index (χ0) is 17.7. The molecule has 2 aliphatic rings. The second-order valence-corrected chi connectivity index (χ2v) is 6.53. The maximum Gasteiger partial charge on any atom is 0.232 e. The molecule has 4 rings (SSSR count). The Bertz CT molecular complexity index is 941. The molecule has 2 aromatic heterocycles. The minimum absolute atomic E-state index is 0.0757. The average Bonchev–Trinajstić information content (AvgIpc) is 2.90. The molecule has 0 spiro atoms. The van der Waals surface area contributed by atoms with Crippen LogP contribution in [0.25, 0.3) is 10.8 Å². The molecular weight excluding hydrogens is 318 g/mol. The van der Waals surface area contributed by atoms with Crippen LogP contribution in [0.15, 0.2) is 0 Å². The summed E-state index contributed by atoms with van der Waals surface area (Å²) in [6, 6.07) is 2.28. The highest BCUT2D eigenvalue weighted by Gasteiger charge is 2.32. The molecule has 0 radical (unpaired) electrons. The molecular formula is C17H19N7O. The minimum atomic E-state index is -0.0757. The van der Waals surface area contributed by atoms with Gasteiger partial charge in [-0.1, -0.05) is 0 Å². The van der Waals surface area contributed by atoms with Crippen LogP contribution < -0.4 is 21.3 Å². The Hall–Kier alpha value is -3.08. The number of carbonyl (C=O) groups is 1. The summed E-state index contributed by atoms with van der Waals surface area (Å²) in [4.78, 5) is 24.6. The maximum atomic E-state index is 12.2. The first-order chi connectivity index (χ1) is 12.0. The number of likely N-dealkylation sites (N-methyl/N-ethyl adjacent to an activating group) is 1. The van der Waals surface area contributed by atoms with Gasteiger partial charge in [0.25, 0.3) is 0 Å². The molecule has 8 nitrogen and oxygen atoms in total. The Kier molecular flexibility index (Phi) is 3.39. The van der Waals surface area contributed by atoms with E-state index >= 15 is 0 Å². The van der Waals surface area contributed by atoms with Crippen LogP contribution in [0, 0.1) is 11.3 Å². The Balaban J connectivity index is 2.07. The Morgan fingerprint density at radius 3 is 2.32 bits per heavy atom. The molecule has 1 amide bonds. The lowest BCUT2D eigenvalue weighted by atomic mass is 10.00. The first-order valence-corrected chi connectivity index (χ1v) is 8.36. The van der Waals surface area contributed by atoms with E-state index in [1.165, 1.54) is 11.3 Å². The predicted octanol–water partition coefficient (Wildman–Crippen LogP) is 1.18. The van der Waals surface area contributed by atoms with Crippen molar-refractivity contribution in [3.05, 3.63) is 11.1 Å². The predicted molar refractivity (Wildman–Crippen MR) is 96.3 cm³/mol. The zero-order valence-electron chi connectivity index (χ0n) is 14.0. The normalized spacial score (nSPS) is 17.0. The first-order valence-electron chi connectivity index (χ1n) is 8.36. The second-order valence-electron chi connectivity index (χ2n) is 6.53. The maximum absolute atomic E-state index is 12.2. The summed E-state index contributed by atoms with van der Waals surface area (Å²) >= 11 is 0. The lowest BCUT2D eigenvalue weighted by Gasteiger charge is -2.29. The Labute approximate surface area is 145 Å². The lowest BCUT2D eigenvalue weighted by Crippen LogP contribution is -2.31. The molecule has 0 aromatic carbocycles. The molecule has 1 fully saturated rings. The van der Waals surface area contributed by atoms with Crippen molar-refractivity contribution in [3.8, 4) is 6.07 Å². The van der Waals surface area contributed by atoms with E-state index in [0.717, 1.165) is 25.9 Å². The Morgan fingerprint density at radius 2 is 1.68 bits per heavy atom. The molecule has 0 bridgehead atoms. The van der Waals surface area contributed by atoms with E-state index in [0.29, 0.717) is 33.5 Å². The number of amides is 1.